The molecule has 0 spiro atoms. The highest BCUT2D eigenvalue weighted by atomic mass is 32.1. The molecule has 0 bridgehead atoms. The number of aryl methyl sites for hydroxylation is 1. The van der Waals surface area contributed by atoms with Gasteiger partial charge in [-0.1, -0.05) is 0 Å². The number of carbonyl (C=O) groups excluding carboxylic acids is 2. The van der Waals surface area contributed by atoms with Crippen molar-refractivity contribution in [2.24, 2.45) is 7.05 Å². The normalized spacial score (nSPS) is 11.8. The molecule has 2 aromatic heterocycles. The molecule has 0 radical (unpaired) electrons. The van der Waals surface area contributed by atoms with Crippen LogP contribution in [0.4, 0.5) is 5.13 Å². The van der Waals surface area contributed by atoms with Crippen LogP contribution in [-0.2, 0) is 11.8 Å². The number of aromatic nitrogens is 2. The van der Waals surface area contributed by atoms with Gasteiger partial charge in [-0.3, -0.25) is 9.59 Å². The fraction of sp³-hybridized carbons (Fsp3) is 0.316. The first-order chi connectivity index (χ1) is 13.9. The maximum Gasteiger partial charge on any atom is 0.268 e. The third kappa shape index (κ3) is 3.83. The minimum absolute atomic E-state index is 0.354. The summed E-state index contributed by atoms with van der Waals surface area (Å²) in [6, 6.07) is 2.72. The highest BCUT2D eigenvalue weighted by molar-refractivity contribution is 7.13. The molecule has 29 heavy (non-hydrogen) atoms. The first-order valence-electron chi connectivity index (χ1n) is 8.70. The zero-order valence-corrected chi connectivity index (χ0v) is 17.5. The minimum atomic E-state index is -0.754. The van der Waals surface area contributed by atoms with Crippen molar-refractivity contribution in [2.45, 2.75) is 13.0 Å². The Morgan fingerprint density at radius 3 is 2.45 bits per heavy atom. The number of carbonyl (C=O) groups is 2. The molecule has 1 aromatic carbocycles. The highest BCUT2D eigenvalue weighted by Crippen LogP contribution is 2.44. The molecule has 0 saturated heterocycles. The van der Waals surface area contributed by atoms with Gasteiger partial charge in [-0.05, 0) is 19.1 Å². The summed E-state index contributed by atoms with van der Waals surface area (Å²) in [5.41, 5.74) is 1.04. The number of amides is 2. The number of thiazole rings is 1. The van der Waals surface area contributed by atoms with Crippen LogP contribution >= 0.6 is 11.3 Å². The number of hydrogen-bond donors (Lipinski definition) is 2. The van der Waals surface area contributed by atoms with E-state index in [1.807, 2.05) is 0 Å². The molecule has 2 N–H and O–H groups in total. The van der Waals surface area contributed by atoms with Crippen molar-refractivity contribution < 1.29 is 23.8 Å². The zero-order chi connectivity index (χ0) is 21.1. The number of methoxy groups -OCH3 is 3. The summed E-state index contributed by atoms with van der Waals surface area (Å²) in [6.07, 6.45) is 1.59. The summed E-state index contributed by atoms with van der Waals surface area (Å²) in [4.78, 5) is 29.1. The lowest BCUT2D eigenvalue weighted by Gasteiger charge is -2.15. The van der Waals surface area contributed by atoms with Gasteiger partial charge in [0, 0.05) is 24.0 Å². The molecule has 10 heteroatoms. The van der Waals surface area contributed by atoms with Crippen LogP contribution in [0.2, 0.25) is 0 Å². The average Bonchev–Trinajstić information content (AvgIpc) is 3.34. The number of nitrogens with zero attached hydrogens (tertiary/aromatic N) is 2. The Kier molecular flexibility index (Phi) is 5.92. The molecule has 1 atom stereocenters. The van der Waals surface area contributed by atoms with Gasteiger partial charge >= 0.3 is 0 Å². The topological polar surface area (TPSA) is 104 Å². The molecule has 0 aliphatic heterocycles. The Labute approximate surface area is 171 Å². The summed E-state index contributed by atoms with van der Waals surface area (Å²) < 4.78 is 18.0. The number of benzene rings is 1. The van der Waals surface area contributed by atoms with Crippen molar-refractivity contribution >= 4 is 39.2 Å². The second-order valence-electron chi connectivity index (χ2n) is 6.19. The molecule has 2 amide bonds. The lowest BCUT2D eigenvalue weighted by atomic mass is 10.2. The molecular weight excluding hydrogens is 396 g/mol. The van der Waals surface area contributed by atoms with Crippen LogP contribution in [0, 0.1) is 0 Å². The summed E-state index contributed by atoms with van der Waals surface area (Å²) in [6.45, 7) is 1.61. The van der Waals surface area contributed by atoms with Gasteiger partial charge in [-0.25, -0.2) is 4.98 Å². The smallest absolute Gasteiger partial charge is 0.268 e. The fourth-order valence-corrected chi connectivity index (χ4v) is 3.57. The van der Waals surface area contributed by atoms with Crippen molar-refractivity contribution in [1.82, 2.24) is 14.9 Å². The molecular formula is C19H22N4O5S. The molecule has 2 heterocycles. The van der Waals surface area contributed by atoms with Crippen LogP contribution in [0.5, 0.6) is 17.2 Å². The van der Waals surface area contributed by atoms with E-state index in [-0.39, 0.29) is 5.91 Å². The molecule has 0 unspecified atom stereocenters. The van der Waals surface area contributed by atoms with E-state index in [9.17, 15) is 9.59 Å². The van der Waals surface area contributed by atoms with Gasteiger partial charge in [-0.15, -0.1) is 11.3 Å². The van der Waals surface area contributed by atoms with E-state index in [4.69, 9.17) is 14.2 Å². The third-order valence-corrected chi connectivity index (χ3v) is 5.15. The first-order valence-corrected chi connectivity index (χ1v) is 9.58. The number of anilines is 1. The van der Waals surface area contributed by atoms with E-state index in [0.29, 0.717) is 33.6 Å². The molecule has 3 aromatic rings. The van der Waals surface area contributed by atoms with Crippen molar-refractivity contribution in [3.63, 3.8) is 0 Å². The molecule has 3 rings (SSSR count). The highest BCUT2D eigenvalue weighted by Gasteiger charge is 2.24. The van der Waals surface area contributed by atoms with Crippen LogP contribution in [0.3, 0.4) is 0 Å². The molecule has 0 fully saturated rings. The van der Waals surface area contributed by atoms with Gasteiger partial charge in [0.1, 0.15) is 11.7 Å². The van der Waals surface area contributed by atoms with E-state index < -0.39 is 11.9 Å². The van der Waals surface area contributed by atoms with Crippen LogP contribution in [0.1, 0.15) is 17.4 Å². The number of hydrogen-bond acceptors (Lipinski definition) is 7. The standard InChI is InChI=1S/C19H22N4O5S/c1-10(17(24)22-19-20-6-7-29-19)21-18(25)12-8-11-9-13(26-3)15(27-4)16(28-5)14(11)23(12)2/h6-10H,1-5H3,(H,21,25)(H,20,22,24)/t10-/m1/s1. The van der Waals surface area contributed by atoms with Crippen molar-refractivity contribution in [3.05, 3.63) is 29.4 Å². The second-order valence-corrected chi connectivity index (χ2v) is 7.09. The first kappa shape index (κ1) is 20.5. The number of fused-ring (bicyclic) bond motifs is 1. The summed E-state index contributed by atoms with van der Waals surface area (Å²) in [7, 11) is 6.31. The minimum Gasteiger partial charge on any atom is -0.493 e. The Hall–Kier alpha value is -3.27. The van der Waals surface area contributed by atoms with Crippen LogP contribution in [-0.4, -0.2) is 48.7 Å². The number of nitrogens with one attached hydrogen (secondary N) is 2. The summed E-state index contributed by atoms with van der Waals surface area (Å²) in [5, 5.41) is 8.34. The van der Waals surface area contributed by atoms with E-state index in [0.717, 1.165) is 5.39 Å². The lowest BCUT2D eigenvalue weighted by Crippen LogP contribution is -2.42. The molecule has 154 valence electrons. The molecule has 0 saturated carbocycles. The predicted octanol–water partition coefficient (Wildman–Crippen LogP) is 2.42. The fourth-order valence-electron chi connectivity index (χ4n) is 3.03. The quantitative estimate of drug-likeness (QED) is 0.611. The van der Waals surface area contributed by atoms with Gasteiger partial charge in [0.25, 0.3) is 5.91 Å². The van der Waals surface area contributed by atoms with E-state index >= 15 is 0 Å². The molecule has 0 aliphatic carbocycles. The Bertz CT molecular complexity index is 1040. The predicted molar refractivity (Wildman–Crippen MR) is 110 cm³/mol. The van der Waals surface area contributed by atoms with Crippen LogP contribution in [0.15, 0.2) is 23.7 Å². The van der Waals surface area contributed by atoms with E-state index in [1.165, 1.54) is 32.7 Å². The third-order valence-electron chi connectivity index (χ3n) is 4.46. The van der Waals surface area contributed by atoms with E-state index in [2.05, 4.69) is 15.6 Å². The van der Waals surface area contributed by atoms with Crippen LogP contribution < -0.4 is 24.8 Å². The number of rotatable bonds is 7. The Balaban J connectivity index is 1.90. The van der Waals surface area contributed by atoms with Crippen molar-refractivity contribution in [2.75, 3.05) is 26.6 Å². The molecule has 0 aliphatic rings. The van der Waals surface area contributed by atoms with Gasteiger partial charge < -0.3 is 29.4 Å². The van der Waals surface area contributed by atoms with Gasteiger partial charge in [-0.2, -0.15) is 0 Å². The van der Waals surface area contributed by atoms with Crippen molar-refractivity contribution in [1.29, 1.82) is 0 Å². The maximum atomic E-state index is 12.8. The maximum absolute atomic E-state index is 12.8. The Morgan fingerprint density at radius 1 is 1.14 bits per heavy atom. The van der Waals surface area contributed by atoms with Gasteiger partial charge in [0.05, 0.1) is 26.8 Å². The summed E-state index contributed by atoms with van der Waals surface area (Å²) in [5.74, 6) is 0.633. The summed E-state index contributed by atoms with van der Waals surface area (Å²) >= 11 is 1.30. The van der Waals surface area contributed by atoms with Crippen molar-refractivity contribution in [3.8, 4) is 17.2 Å². The monoisotopic (exact) mass is 418 g/mol. The van der Waals surface area contributed by atoms with E-state index in [1.54, 1.807) is 42.2 Å². The largest absolute Gasteiger partial charge is 0.493 e. The van der Waals surface area contributed by atoms with Gasteiger partial charge in [0.2, 0.25) is 11.7 Å². The SMILES string of the molecule is COc1cc2cc(C(=O)N[C@H](C)C(=O)Nc3nccs3)n(C)c2c(OC)c1OC. The lowest BCUT2D eigenvalue weighted by molar-refractivity contribution is -0.117. The Morgan fingerprint density at radius 2 is 1.86 bits per heavy atom. The number of ether oxygens (including phenoxy) is 3. The average molecular weight is 418 g/mol. The molecule has 9 nitrogen and oxygen atoms in total. The van der Waals surface area contributed by atoms with Gasteiger partial charge in [0.15, 0.2) is 16.6 Å². The second kappa shape index (κ2) is 8.39. The van der Waals surface area contributed by atoms with Crippen LogP contribution in [0.25, 0.3) is 10.9 Å². The zero-order valence-electron chi connectivity index (χ0n) is 16.7.